The first kappa shape index (κ1) is 36.4. The van der Waals surface area contributed by atoms with Gasteiger partial charge in [-0.15, -0.1) is 11.3 Å². The van der Waals surface area contributed by atoms with Crippen LogP contribution in [0.15, 0.2) is 231 Å². The van der Waals surface area contributed by atoms with Gasteiger partial charge in [0, 0.05) is 20.9 Å². The molecular weight excluding hydrogens is 805 g/mol. The van der Waals surface area contributed by atoms with Gasteiger partial charge in [-0.05, 0) is 108 Å². The molecule has 0 saturated carbocycles. The van der Waals surface area contributed by atoms with Gasteiger partial charge in [0.25, 0.3) is 0 Å². The van der Waals surface area contributed by atoms with Crippen molar-refractivity contribution in [2.24, 2.45) is 0 Å². The molecule has 1 aliphatic carbocycles. The first-order valence-corrected chi connectivity index (χ1v) is 23.2. The highest BCUT2D eigenvalue weighted by atomic mass is 32.1. The first-order chi connectivity index (χ1) is 32.2. The standard InChI is InChI=1S/C62H38N2S/c1-3-16-46(17-4-1)62(47-18-5-2-6-19-47)53-23-11-9-21-50(53)58-48(22-13-24-54(58)62)41-30-26-39(27-31-41)40-28-32-42(33-29-40)56-38-52-49-20-10-12-25-57(49)65-60(52)61-63-59-51-37-44-15-8-7-14-43(44)36-45(51)34-35-55(59)64(56)61/h1-38H. The summed E-state index contributed by atoms with van der Waals surface area (Å²) in [5.41, 5.74) is 17.7. The van der Waals surface area contributed by atoms with Crippen molar-refractivity contribution in [2.45, 2.75) is 5.41 Å². The van der Waals surface area contributed by atoms with Gasteiger partial charge in [-0.2, -0.15) is 0 Å². The molecule has 0 bridgehead atoms. The molecule has 0 saturated heterocycles. The maximum atomic E-state index is 5.50. The third-order valence-corrected chi connectivity index (χ3v) is 15.2. The number of rotatable bonds is 5. The smallest absolute Gasteiger partial charge is 0.156 e. The van der Waals surface area contributed by atoms with E-state index in [0.717, 1.165) is 27.9 Å². The van der Waals surface area contributed by atoms with Gasteiger partial charge in [0.2, 0.25) is 0 Å². The minimum absolute atomic E-state index is 0.426. The second-order valence-electron chi connectivity index (χ2n) is 17.4. The molecule has 0 fully saturated rings. The van der Waals surface area contributed by atoms with Gasteiger partial charge in [0.1, 0.15) is 0 Å². The number of imidazole rings is 1. The Kier molecular flexibility index (Phi) is 7.80. The van der Waals surface area contributed by atoms with Crippen molar-refractivity contribution in [1.82, 2.24) is 9.38 Å². The monoisotopic (exact) mass is 842 g/mol. The molecule has 1 aliphatic rings. The largest absolute Gasteiger partial charge is 0.291 e. The Balaban J connectivity index is 0.886. The van der Waals surface area contributed by atoms with Crippen LogP contribution in [-0.2, 0) is 5.41 Å². The zero-order valence-electron chi connectivity index (χ0n) is 35.2. The van der Waals surface area contributed by atoms with Crippen LogP contribution in [0.25, 0.3) is 103 Å². The molecule has 3 heteroatoms. The predicted octanol–water partition coefficient (Wildman–Crippen LogP) is 16.5. The fraction of sp³-hybridized carbons (Fsp3) is 0.0161. The van der Waals surface area contributed by atoms with Crippen LogP contribution in [0, 0.1) is 0 Å². The summed E-state index contributed by atoms with van der Waals surface area (Å²) >= 11 is 1.83. The number of pyridine rings is 1. The summed E-state index contributed by atoms with van der Waals surface area (Å²) in [6.45, 7) is 0. The van der Waals surface area contributed by atoms with E-state index in [4.69, 9.17) is 4.98 Å². The Morgan fingerprint density at radius 2 is 1.00 bits per heavy atom. The van der Waals surface area contributed by atoms with Gasteiger partial charge in [-0.1, -0.05) is 200 Å². The van der Waals surface area contributed by atoms with Gasteiger partial charge < -0.3 is 0 Å². The van der Waals surface area contributed by atoms with E-state index >= 15 is 0 Å². The van der Waals surface area contributed by atoms with E-state index in [-0.39, 0.29) is 0 Å². The number of fused-ring (bicyclic) bond motifs is 13. The topological polar surface area (TPSA) is 17.3 Å². The van der Waals surface area contributed by atoms with Gasteiger partial charge >= 0.3 is 0 Å². The van der Waals surface area contributed by atoms with Crippen molar-refractivity contribution >= 4 is 69.7 Å². The van der Waals surface area contributed by atoms with Crippen LogP contribution >= 0.6 is 11.3 Å². The lowest BCUT2D eigenvalue weighted by Crippen LogP contribution is -2.28. The second-order valence-corrected chi connectivity index (χ2v) is 18.5. The maximum absolute atomic E-state index is 5.50. The van der Waals surface area contributed by atoms with Crippen LogP contribution in [0.1, 0.15) is 22.3 Å². The summed E-state index contributed by atoms with van der Waals surface area (Å²) < 4.78 is 4.89. The molecule has 13 aromatic rings. The Bertz CT molecular complexity index is 3990. The first-order valence-electron chi connectivity index (χ1n) is 22.4. The van der Waals surface area contributed by atoms with E-state index in [2.05, 4.69) is 235 Å². The van der Waals surface area contributed by atoms with Crippen LogP contribution < -0.4 is 0 Å². The third kappa shape index (κ3) is 5.25. The zero-order chi connectivity index (χ0) is 42.6. The average Bonchev–Trinajstić information content (AvgIpc) is 4.05. The molecule has 302 valence electrons. The summed E-state index contributed by atoms with van der Waals surface area (Å²) in [7, 11) is 0. The highest BCUT2D eigenvalue weighted by Gasteiger charge is 2.46. The van der Waals surface area contributed by atoms with Crippen molar-refractivity contribution in [3.05, 3.63) is 253 Å². The molecule has 0 spiro atoms. The van der Waals surface area contributed by atoms with Gasteiger partial charge in [0.05, 0.1) is 26.8 Å². The summed E-state index contributed by atoms with van der Waals surface area (Å²) in [5, 5.41) is 7.38. The molecule has 0 unspecified atom stereocenters. The molecule has 0 atom stereocenters. The quantitative estimate of drug-likeness (QED) is 0.158. The predicted molar refractivity (Wildman–Crippen MR) is 274 cm³/mol. The van der Waals surface area contributed by atoms with Crippen LogP contribution in [0.5, 0.6) is 0 Å². The summed E-state index contributed by atoms with van der Waals surface area (Å²) in [6, 6.07) is 85.1. The number of thiophene rings is 1. The number of hydrogen-bond donors (Lipinski definition) is 0. The van der Waals surface area contributed by atoms with E-state index in [9.17, 15) is 0 Å². The number of hydrogen-bond acceptors (Lipinski definition) is 2. The Morgan fingerprint density at radius 3 is 1.75 bits per heavy atom. The van der Waals surface area contributed by atoms with Gasteiger partial charge in [-0.3, -0.25) is 4.40 Å². The van der Waals surface area contributed by atoms with Crippen LogP contribution in [0.2, 0.25) is 0 Å². The number of aromatic nitrogens is 2. The Labute approximate surface area is 380 Å². The fourth-order valence-corrected chi connectivity index (χ4v) is 12.3. The molecule has 2 nitrogen and oxygen atoms in total. The summed E-state index contributed by atoms with van der Waals surface area (Å²) in [5.74, 6) is 0. The second kappa shape index (κ2) is 13.9. The Morgan fingerprint density at radius 1 is 0.400 bits per heavy atom. The molecule has 0 aliphatic heterocycles. The molecule has 14 rings (SSSR count). The highest BCUT2D eigenvalue weighted by molar-refractivity contribution is 7.26. The SMILES string of the molecule is c1ccc(C2(c3ccccc3)c3ccccc3-c3c(-c4ccc(-c5ccc(-c6cc7c8ccccc8sc7c7nc8c9cc%10ccccc%10cc9ccc8n67)cc5)cc4)cccc32)cc1. The molecule has 0 radical (unpaired) electrons. The lowest BCUT2D eigenvalue weighted by atomic mass is 9.67. The zero-order valence-corrected chi connectivity index (χ0v) is 36.1. The van der Waals surface area contributed by atoms with Crippen molar-refractivity contribution in [3.63, 3.8) is 0 Å². The normalized spacial score (nSPS) is 13.0. The van der Waals surface area contributed by atoms with Crippen LogP contribution in [0.4, 0.5) is 0 Å². The molecule has 3 heterocycles. The van der Waals surface area contributed by atoms with E-state index in [1.54, 1.807) is 0 Å². The van der Waals surface area contributed by atoms with Crippen molar-refractivity contribution in [1.29, 1.82) is 0 Å². The highest BCUT2D eigenvalue weighted by Crippen LogP contribution is 2.58. The lowest BCUT2D eigenvalue weighted by Gasteiger charge is -2.34. The molecule has 65 heavy (non-hydrogen) atoms. The molecule has 10 aromatic carbocycles. The Hall–Kier alpha value is -8.11. The number of nitrogens with zero attached hydrogens (tertiary/aromatic N) is 2. The van der Waals surface area contributed by atoms with Crippen molar-refractivity contribution in [3.8, 4) is 44.6 Å². The van der Waals surface area contributed by atoms with Crippen LogP contribution in [-0.4, -0.2) is 9.38 Å². The molecule has 0 amide bonds. The average molecular weight is 843 g/mol. The maximum Gasteiger partial charge on any atom is 0.156 e. The summed E-state index contributed by atoms with van der Waals surface area (Å²) in [4.78, 5) is 5.50. The molecular formula is C62H38N2S. The fourth-order valence-electron chi connectivity index (χ4n) is 11.1. The van der Waals surface area contributed by atoms with Crippen molar-refractivity contribution in [2.75, 3.05) is 0 Å². The molecule has 0 N–H and O–H groups in total. The summed E-state index contributed by atoms with van der Waals surface area (Å²) in [6.07, 6.45) is 0. The van der Waals surface area contributed by atoms with Crippen LogP contribution in [0.3, 0.4) is 0 Å². The van der Waals surface area contributed by atoms with E-state index in [1.807, 2.05) is 11.3 Å². The van der Waals surface area contributed by atoms with E-state index < -0.39 is 5.41 Å². The third-order valence-electron chi connectivity index (χ3n) is 14.1. The van der Waals surface area contributed by atoms with Gasteiger partial charge in [0.15, 0.2) is 5.65 Å². The number of benzene rings is 10. The molecule has 3 aromatic heterocycles. The van der Waals surface area contributed by atoms with E-state index in [0.29, 0.717) is 0 Å². The lowest BCUT2D eigenvalue weighted by molar-refractivity contribution is 0.768. The van der Waals surface area contributed by atoms with Gasteiger partial charge in [-0.25, -0.2) is 4.98 Å². The van der Waals surface area contributed by atoms with E-state index in [1.165, 1.54) is 97.4 Å². The minimum atomic E-state index is -0.426. The minimum Gasteiger partial charge on any atom is -0.291 e. The van der Waals surface area contributed by atoms with Crippen molar-refractivity contribution < 1.29 is 0 Å².